The number of fused-ring (bicyclic) bond motifs is 1. The number of rotatable bonds is 2. The first kappa shape index (κ1) is 12.9. The van der Waals surface area contributed by atoms with Gasteiger partial charge in [0.25, 0.3) is 0 Å². The van der Waals surface area contributed by atoms with Gasteiger partial charge in [-0.3, -0.25) is 9.59 Å². The molecule has 0 unspecified atom stereocenters. The van der Waals surface area contributed by atoms with Crippen LogP contribution in [0.25, 0.3) is 10.8 Å². The van der Waals surface area contributed by atoms with E-state index < -0.39 is 0 Å². The number of methoxy groups -OCH3 is 1. The monoisotopic (exact) mass is 268 g/mol. The summed E-state index contributed by atoms with van der Waals surface area (Å²) in [5.74, 6) is 0.753. The average Bonchev–Trinajstić information content (AvgIpc) is 2.45. The second-order valence-corrected chi connectivity index (χ2v) is 5.26. The Morgan fingerprint density at radius 2 is 1.70 bits per heavy atom. The molecule has 0 saturated heterocycles. The van der Waals surface area contributed by atoms with E-state index in [2.05, 4.69) is 0 Å². The van der Waals surface area contributed by atoms with Crippen molar-refractivity contribution >= 4 is 22.3 Å². The minimum absolute atomic E-state index is 0.0289. The zero-order chi connectivity index (χ0) is 14.1. The van der Waals surface area contributed by atoms with Gasteiger partial charge < -0.3 is 4.74 Å². The van der Waals surface area contributed by atoms with Gasteiger partial charge in [-0.1, -0.05) is 30.3 Å². The number of hydrogen-bond acceptors (Lipinski definition) is 3. The highest BCUT2D eigenvalue weighted by molar-refractivity contribution is 6.03. The molecule has 1 fully saturated rings. The van der Waals surface area contributed by atoms with Crippen LogP contribution < -0.4 is 4.74 Å². The third-order valence-electron chi connectivity index (χ3n) is 3.90. The maximum Gasteiger partial charge on any atom is 0.140 e. The molecule has 1 aliphatic rings. The molecule has 3 heteroatoms. The molecule has 0 spiro atoms. The Hall–Kier alpha value is -2.16. The summed E-state index contributed by atoms with van der Waals surface area (Å²) in [7, 11) is 1.63. The molecule has 0 aliphatic heterocycles. The summed E-state index contributed by atoms with van der Waals surface area (Å²) >= 11 is 0. The molecule has 2 aromatic carbocycles. The normalized spacial score (nSPS) is 16.6. The first-order valence-corrected chi connectivity index (χ1v) is 6.78. The number of ketones is 2. The molecule has 0 aromatic heterocycles. The largest absolute Gasteiger partial charge is 0.496 e. The van der Waals surface area contributed by atoms with Crippen LogP contribution in [0.15, 0.2) is 36.4 Å². The Balaban J connectivity index is 2.17. The summed E-state index contributed by atoms with van der Waals surface area (Å²) in [5, 5.41) is 2.17. The van der Waals surface area contributed by atoms with E-state index in [-0.39, 0.29) is 23.9 Å². The lowest BCUT2D eigenvalue weighted by Crippen LogP contribution is -2.21. The van der Waals surface area contributed by atoms with E-state index in [1.165, 1.54) is 0 Å². The second kappa shape index (κ2) is 5.08. The molecule has 0 heterocycles. The number of ether oxygens (including phenoxy) is 1. The Morgan fingerprint density at radius 1 is 1.00 bits per heavy atom. The smallest absolute Gasteiger partial charge is 0.140 e. The number of benzene rings is 2. The van der Waals surface area contributed by atoms with Gasteiger partial charge in [0.2, 0.25) is 0 Å². The van der Waals surface area contributed by atoms with Crippen molar-refractivity contribution in [2.45, 2.75) is 25.2 Å². The Morgan fingerprint density at radius 3 is 2.40 bits per heavy atom. The molecule has 3 rings (SSSR count). The van der Waals surface area contributed by atoms with Gasteiger partial charge in [-0.2, -0.15) is 0 Å². The standard InChI is InChI=1S/C17H16O3/c1-20-16-7-6-11-4-2-3-5-15(11)17(16)12-8-13(18)10-14(19)9-12/h2-7,12H,8-10H2,1H3. The van der Waals surface area contributed by atoms with Crippen LogP contribution in [-0.2, 0) is 9.59 Å². The number of Topliss-reactive ketones (excluding diaryl/α,β-unsaturated/α-hetero) is 2. The number of carbonyl (C=O) groups is 2. The molecule has 2 aromatic rings. The van der Waals surface area contributed by atoms with E-state index in [0.29, 0.717) is 12.8 Å². The van der Waals surface area contributed by atoms with Crippen LogP contribution in [0.2, 0.25) is 0 Å². The van der Waals surface area contributed by atoms with E-state index in [0.717, 1.165) is 22.1 Å². The summed E-state index contributed by atoms with van der Waals surface area (Å²) in [5.41, 5.74) is 0.993. The van der Waals surface area contributed by atoms with Crippen LogP contribution in [0.3, 0.4) is 0 Å². The summed E-state index contributed by atoms with van der Waals surface area (Å²) in [6.07, 6.45) is 0.940. The predicted octanol–water partition coefficient (Wildman–Crippen LogP) is 3.25. The molecule has 1 aliphatic carbocycles. The van der Waals surface area contributed by atoms with E-state index >= 15 is 0 Å². The van der Waals surface area contributed by atoms with Crippen molar-refractivity contribution in [1.82, 2.24) is 0 Å². The highest BCUT2D eigenvalue weighted by Crippen LogP contribution is 2.39. The summed E-state index contributed by atoms with van der Waals surface area (Å²) in [4.78, 5) is 23.5. The van der Waals surface area contributed by atoms with Crippen LogP contribution >= 0.6 is 0 Å². The quantitative estimate of drug-likeness (QED) is 0.785. The van der Waals surface area contributed by atoms with Gasteiger partial charge in [-0.05, 0) is 16.8 Å². The summed E-state index contributed by atoms with van der Waals surface area (Å²) < 4.78 is 5.45. The van der Waals surface area contributed by atoms with Crippen LogP contribution in [0.4, 0.5) is 0 Å². The van der Waals surface area contributed by atoms with Gasteiger partial charge in [-0.15, -0.1) is 0 Å². The fraction of sp³-hybridized carbons (Fsp3) is 0.294. The average molecular weight is 268 g/mol. The van der Waals surface area contributed by atoms with E-state index in [9.17, 15) is 9.59 Å². The molecule has 3 nitrogen and oxygen atoms in total. The summed E-state index contributed by atoms with van der Waals surface area (Å²) in [6.45, 7) is 0. The predicted molar refractivity (Wildman–Crippen MR) is 77.1 cm³/mol. The molecule has 1 saturated carbocycles. The van der Waals surface area contributed by atoms with Gasteiger partial charge in [0.1, 0.15) is 17.3 Å². The lowest BCUT2D eigenvalue weighted by atomic mass is 9.80. The molecular formula is C17H16O3. The zero-order valence-corrected chi connectivity index (χ0v) is 11.4. The second-order valence-electron chi connectivity index (χ2n) is 5.26. The molecule has 0 amide bonds. The van der Waals surface area contributed by atoms with Crippen molar-refractivity contribution in [3.05, 3.63) is 42.0 Å². The summed E-state index contributed by atoms with van der Waals surface area (Å²) in [6, 6.07) is 11.9. The maximum atomic E-state index is 11.7. The molecule has 20 heavy (non-hydrogen) atoms. The molecule has 0 bridgehead atoms. The lowest BCUT2D eigenvalue weighted by Gasteiger charge is -2.24. The number of hydrogen-bond donors (Lipinski definition) is 0. The Bertz CT molecular complexity index is 672. The molecule has 102 valence electrons. The van der Waals surface area contributed by atoms with E-state index in [4.69, 9.17) is 4.74 Å². The van der Waals surface area contributed by atoms with E-state index in [1.54, 1.807) is 7.11 Å². The minimum Gasteiger partial charge on any atom is -0.496 e. The van der Waals surface area contributed by atoms with Gasteiger partial charge >= 0.3 is 0 Å². The third kappa shape index (κ3) is 2.20. The fourth-order valence-corrected chi connectivity index (χ4v) is 3.06. The minimum atomic E-state index is -0.0650. The van der Waals surface area contributed by atoms with Crippen molar-refractivity contribution in [2.24, 2.45) is 0 Å². The first-order valence-electron chi connectivity index (χ1n) is 6.78. The Labute approximate surface area is 117 Å². The highest BCUT2D eigenvalue weighted by Gasteiger charge is 2.29. The van der Waals surface area contributed by atoms with Crippen LogP contribution in [0, 0.1) is 0 Å². The first-order chi connectivity index (χ1) is 9.69. The Kier molecular flexibility index (Phi) is 3.26. The van der Waals surface area contributed by atoms with Crippen molar-refractivity contribution in [3.63, 3.8) is 0 Å². The lowest BCUT2D eigenvalue weighted by molar-refractivity contribution is -0.130. The third-order valence-corrected chi connectivity index (χ3v) is 3.90. The topological polar surface area (TPSA) is 43.4 Å². The van der Waals surface area contributed by atoms with Crippen molar-refractivity contribution < 1.29 is 14.3 Å². The maximum absolute atomic E-state index is 11.7. The SMILES string of the molecule is COc1ccc2ccccc2c1C1CC(=O)CC(=O)C1. The van der Waals surface area contributed by atoms with Crippen molar-refractivity contribution in [2.75, 3.05) is 7.11 Å². The molecule has 0 radical (unpaired) electrons. The van der Waals surface area contributed by atoms with E-state index in [1.807, 2.05) is 36.4 Å². The molecule has 0 atom stereocenters. The van der Waals surface area contributed by atoms with Crippen LogP contribution in [0.1, 0.15) is 30.7 Å². The number of carbonyl (C=O) groups excluding carboxylic acids is 2. The van der Waals surface area contributed by atoms with Gasteiger partial charge in [0, 0.05) is 24.3 Å². The van der Waals surface area contributed by atoms with Crippen LogP contribution in [0.5, 0.6) is 5.75 Å². The molecular weight excluding hydrogens is 252 g/mol. The zero-order valence-electron chi connectivity index (χ0n) is 11.4. The fourth-order valence-electron chi connectivity index (χ4n) is 3.06. The molecule has 0 N–H and O–H groups in total. The van der Waals surface area contributed by atoms with Gasteiger partial charge in [0.15, 0.2) is 0 Å². The van der Waals surface area contributed by atoms with Crippen LogP contribution in [-0.4, -0.2) is 18.7 Å². The van der Waals surface area contributed by atoms with Crippen molar-refractivity contribution in [1.29, 1.82) is 0 Å². The highest BCUT2D eigenvalue weighted by atomic mass is 16.5. The van der Waals surface area contributed by atoms with Gasteiger partial charge in [-0.25, -0.2) is 0 Å². The van der Waals surface area contributed by atoms with Gasteiger partial charge in [0.05, 0.1) is 13.5 Å². The van der Waals surface area contributed by atoms with Crippen molar-refractivity contribution in [3.8, 4) is 5.75 Å².